The fraction of sp³-hybridized carbons (Fsp3) is 0.442. The molecule has 25 heteroatoms. The zero-order chi connectivity index (χ0) is 49.4. The molecule has 0 radical (unpaired) electrons. The number of benzene rings is 3. The standard InChI is InChI=1S/C43H57F6N15O4/c1-26(50)55-12-4-2-6-35(65)59-31-22-27(42(44,45)46)24-33(37(31)63-18-14-53-15-19-63)61-40(67)57-29-8-10-30(11-9-29)58-41(68)62-34-25-28(43(47,48)49)23-32(38(34)64-20-16-54-17-21-64)60-36(66)7-3-5-13-56-39(51)52/h8-11,22-25,53-54H,2-7,12-21H2,1H3,(H2,50,55)(H,59,65)(H,60,66)(H4,51,52,56)(H2,57,61,67)(H2,58,62,68). The molecule has 3 aromatic rings. The SMILES string of the molecule is CC(N)=NCCCCC(=O)Nc1cc(C(F)(F)F)cc(NC(=O)Nc2ccc(NC(=O)Nc3cc(C(F)(F)F)cc(NC(=O)CCCCN=C(N)N)c3N3CCNCC3)cc2)c1N1CCNCC1. The van der Waals surface area contributed by atoms with Crippen molar-refractivity contribution in [3.05, 3.63) is 59.7 Å². The summed E-state index contributed by atoms with van der Waals surface area (Å²) in [6.07, 6.45) is -8.01. The number of anilines is 8. The van der Waals surface area contributed by atoms with Crippen LogP contribution in [-0.4, -0.2) is 101 Å². The number of nitrogens with two attached hydrogens (primary N) is 3. The monoisotopic (exact) mass is 961 g/mol. The van der Waals surface area contributed by atoms with Crippen LogP contribution in [0.4, 0.5) is 81.4 Å². The van der Waals surface area contributed by atoms with Crippen molar-refractivity contribution < 1.29 is 45.5 Å². The molecule has 0 aliphatic carbocycles. The van der Waals surface area contributed by atoms with E-state index in [0.29, 0.717) is 90.4 Å². The lowest BCUT2D eigenvalue weighted by Crippen LogP contribution is -2.44. The van der Waals surface area contributed by atoms with Crippen molar-refractivity contribution in [3.63, 3.8) is 0 Å². The third kappa shape index (κ3) is 16.1. The van der Waals surface area contributed by atoms with Gasteiger partial charge < -0.3 is 69.5 Å². The molecule has 19 nitrogen and oxygen atoms in total. The third-order valence-electron chi connectivity index (χ3n) is 10.5. The Bertz CT molecular complexity index is 2130. The number of alkyl halides is 6. The van der Waals surface area contributed by atoms with Gasteiger partial charge in [0.1, 0.15) is 0 Å². The number of urea groups is 2. The largest absolute Gasteiger partial charge is 0.416 e. The molecule has 0 bridgehead atoms. The number of hydrogen-bond acceptors (Lipinski definition) is 10. The van der Waals surface area contributed by atoms with Crippen LogP contribution in [0.25, 0.3) is 0 Å². The summed E-state index contributed by atoms with van der Waals surface area (Å²) in [5.74, 6) is -0.800. The summed E-state index contributed by atoms with van der Waals surface area (Å²) in [5, 5.41) is 21.7. The number of halogens is 6. The molecule has 2 fully saturated rings. The number of hydrogen-bond donors (Lipinski definition) is 11. The van der Waals surface area contributed by atoms with Gasteiger partial charge in [0.05, 0.1) is 51.1 Å². The summed E-state index contributed by atoms with van der Waals surface area (Å²) in [6.45, 7) is 5.63. The number of nitrogens with one attached hydrogen (secondary N) is 8. The quantitative estimate of drug-likeness (QED) is 0.0319. The molecule has 2 saturated heterocycles. The number of aliphatic imine (C=N–C) groups is 2. The topological polar surface area (TPSA) is 274 Å². The van der Waals surface area contributed by atoms with Crippen LogP contribution < -0.4 is 69.5 Å². The first-order valence-electron chi connectivity index (χ1n) is 21.9. The van der Waals surface area contributed by atoms with Crippen molar-refractivity contribution in [1.29, 1.82) is 0 Å². The minimum Gasteiger partial charge on any atom is -0.388 e. The predicted molar refractivity (Wildman–Crippen MR) is 253 cm³/mol. The molecule has 0 unspecified atom stereocenters. The van der Waals surface area contributed by atoms with Gasteiger partial charge in [-0.2, -0.15) is 26.3 Å². The molecule has 14 N–H and O–H groups in total. The van der Waals surface area contributed by atoms with Crippen LogP contribution in [0, 0.1) is 0 Å². The maximum Gasteiger partial charge on any atom is 0.416 e. The highest BCUT2D eigenvalue weighted by atomic mass is 19.4. The molecular formula is C43H57F6N15O4. The van der Waals surface area contributed by atoms with Crippen molar-refractivity contribution in [3.8, 4) is 0 Å². The van der Waals surface area contributed by atoms with Crippen LogP contribution in [0.15, 0.2) is 58.5 Å². The second-order valence-corrected chi connectivity index (χ2v) is 15.9. The number of unbranched alkanes of at least 4 members (excludes halogenated alkanes) is 2. The molecule has 2 aliphatic rings. The number of carbonyl (C=O) groups is 4. The van der Waals surface area contributed by atoms with Gasteiger partial charge in [0.15, 0.2) is 5.96 Å². The maximum absolute atomic E-state index is 14.3. The van der Waals surface area contributed by atoms with Gasteiger partial charge in [-0.15, -0.1) is 0 Å². The lowest BCUT2D eigenvalue weighted by atomic mass is 10.1. The summed E-state index contributed by atoms with van der Waals surface area (Å²) >= 11 is 0. The minimum atomic E-state index is -4.85. The van der Waals surface area contributed by atoms with Gasteiger partial charge in [-0.1, -0.05) is 0 Å². The van der Waals surface area contributed by atoms with E-state index in [4.69, 9.17) is 17.2 Å². The molecule has 2 aliphatic heterocycles. The fourth-order valence-electron chi connectivity index (χ4n) is 7.33. The molecule has 0 atom stereocenters. The van der Waals surface area contributed by atoms with E-state index in [-0.39, 0.29) is 70.8 Å². The lowest BCUT2D eigenvalue weighted by Gasteiger charge is -2.33. The van der Waals surface area contributed by atoms with Crippen LogP contribution in [0.3, 0.4) is 0 Å². The summed E-state index contributed by atoms with van der Waals surface area (Å²) in [6, 6.07) is 6.89. The Hall–Kier alpha value is -7.02. The Balaban J connectivity index is 1.31. The Morgan fingerprint density at radius 3 is 1.25 bits per heavy atom. The first kappa shape index (κ1) is 52.0. The number of nitrogens with zero attached hydrogens (tertiary/aromatic N) is 4. The lowest BCUT2D eigenvalue weighted by molar-refractivity contribution is -0.138. The third-order valence-corrected chi connectivity index (χ3v) is 10.5. The van der Waals surface area contributed by atoms with E-state index < -0.39 is 47.4 Å². The maximum atomic E-state index is 14.3. The van der Waals surface area contributed by atoms with Crippen LogP contribution in [0.1, 0.15) is 56.6 Å². The Labute approximate surface area is 388 Å². The Morgan fingerprint density at radius 2 is 0.912 bits per heavy atom. The zero-order valence-electron chi connectivity index (χ0n) is 37.4. The number of guanidine groups is 1. The average molecular weight is 962 g/mol. The highest BCUT2D eigenvalue weighted by molar-refractivity contribution is 6.07. The first-order chi connectivity index (χ1) is 32.3. The van der Waals surface area contributed by atoms with E-state index in [2.05, 4.69) is 52.5 Å². The zero-order valence-corrected chi connectivity index (χ0v) is 37.4. The second-order valence-electron chi connectivity index (χ2n) is 15.9. The molecule has 3 aromatic carbocycles. The number of amides is 6. The van der Waals surface area contributed by atoms with Crippen molar-refractivity contribution in [2.75, 3.05) is 107 Å². The van der Waals surface area contributed by atoms with E-state index in [1.54, 1.807) is 16.7 Å². The Morgan fingerprint density at radius 1 is 0.559 bits per heavy atom. The summed E-state index contributed by atoms with van der Waals surface area (Å²) in [7, 11) is 0. The van der Waals surface area contributed by atoms with Crippen molar-refractivity contribution in [2.24, 2.45) is 27.2 Å². The van der Waals surface area contributed by atoms with E-state index >= 15 is 0 Å². The van der Waals surface area contributed by atoms with Crippen molar-refractivity contribution >= 4 is 81.2 Å². The van der Waals surface area contributed by atoms with E-state index in [0.717, 1.165) is 24.3 Å². The molecular weight excluding hydrogens is 905 g/mol. The molecule has 0 saturated carbocycles. The van der Waals surface area contributed by atoms with Gasteiger partial charge in [0.25, 0.3) is 0 Å². The van der Waals surface area contributed by atoms with Crippen LogP contribution in [0.5, 0.6) is 0 Å². The molecule has 6 amide bonds. The van der Waals surface area contributed by atoms with Crippen LogP contribution in [0.2, 0.25) is 0 Å². The highest BCUT2D eigenvalue weighted by Crippen LogP contribution is 2.43. The van der Waals surface area contributed by atoms with Gasteiger partial charge >= 0.3 is 24.4 Å². The molecule has 370 valence electrons. The number of carbonyl (C=O) groups excluding carboxylic acids is 4. The summed E-state index contributed by atoms with van der Waals surface area (Å²) in [5.41, 5.74) is 13.9. The minimum absolute atomic E-state index is 0.000618. The molecule has 0 aromatic heterocycles. The van der Waals surface area contributed by atoms with E-state index in [9.17, 15) is 45.5 Å². The van der Waals surface area contributed by atoms with Crippen molar-refractivity contribution in [1.82, 2.24) is 10.6 Å². The highest BCUT2D eigenvalue weighted by Gasteiger charge is 2.35. The average Bonchev–Trinajstić information content (AvgIpc) is 3.26. The predicted octanol–water partition coefficient (Wildman–Crippen LogP) is 5.70. The van der Waals surface area contributed by atoms with Gasteiger partial charge in [0, 0.05) is 89.7 Å². The van der Waals surface area contributed by atoms with Crippen LogP contribution in [-0.2, 0) is 21.9 Å². The number of piperazine rings is 2. The fourth-order valence-corrected chi connectivity index (χ4v) is 7.33. The van der Waals surface area contributed by atoms with E-state index in [1.165, 1.54) is 24.3 Å². The van der Waals surface area contributed by atoms with Gasteiger partial charge in [-0.05, 0) is 81.1 Å². The van der Waals surface area contributed by atoms with Gasteiger partial charge in [-0.25, -0.2) is 9.59 Å². The van der Waals surface area contributed by atoms with Crippen LogP contribution >= 0.6 is 0 Å². The molecule has 5 rings (SSSR count). The van der Waals surface area contributed by atoms with Gasteiger partial charge in [-0.3, -0.25) is 19.6 Å². The molecule has 2 heterocycles. The molecule has 68 heavy (non-hydrogen) atoms. The summed E-state index contributed by atoms with van der Waals surface area (Å²) < 4.78 is 85.5. The normalized spacial score (nSPS) is 14.4. The molecule has 0 spiro atoms. The summed E-state index contributed by atoms with van der Waals surface area (Å²) in [4.78, 5) is 64.3. The van der Waals surface area contributed by atoms with E-state index in [1.807, 2.05) is 0 Å². The number of rotatable bonds is 18. The smallest absolute Gasteiger partial charge is 0.388 e. The first-order valence-corrected chi connectivity index (χ1v) is 21.9. The van der Waals surface area contributed by atoms with Crippen molar-refractivity contribution in [2.45, 2.75) is 57.8 Å². The number of amidine groups is 1. The van der Waals surface area contributed by atoms with Gasteiger partial charge in [0.2, 0.25) is 11.8 Å². The second kappa shape index (κ2) is 24.1. The Kier molecular flexibility index (Phi) is 18.4.